The number of halogens is 7. The molecular formula is C8H9F7. The fourth-order valence-corrected chi connectivity index (χ4v) is 0.987. The average Bonchev–Trinajstić information content (AvgIpc) is 2.03. The highest BCUT2D eigenvalue weighted by atomic mass is 19.4. The lowest BCUT2D eigenvalue weighted by atomic mass is 9.99. The standard InChI is InChI=1S/C8H9F7/c1-3-5(4-2)6(9,10)7(11,12)8(13,14)15/h3H,4H2,1-2H3/b5-3+. The van der Waals surface area contributed by atoms with Crippen LogP contribution in [0.5, 0.6) is 0 Å². The zero-order valence-electron chi connectivity index (χ0n) is 7.93. The van der Waals surface area contributed by atoms with Crippen LogP contribution in [0.15, 0.2) is 11.6 Å². The Morgan fingerprint density at radius 1 is 1.00 bits per heavy atom. The monoisotopic (exact) mass is 238 g/mol. The van der Waals surface area contributed by atoms with Crippen molar-refractivity contribution in [2.24, 2.45) is 0 Å². The summed E-state index contributed by atoms with van der Waals surface area (Å²) in [4.78, 5) is 0. The van der Waals surface area contributed by atoms with E-state index in [1.807, 2.05) is 0 Å². The van der Waals surface area contributed by atoms with Crippen LogP contribution < -0.4 is 0 Å². The van der Waals surface area contributed by atoms with Gasteiger partial charge in [-0.1, -0.05) is 13.0 Å². The van der Waals surface area contributed by atoms with E-state index in [9.17, 15) is 30.7 Å². The van der Waals surface area contributed by atoms with E-state index >= 15 is 0 Å². The molecule has 0 nitrogen and oxygen atoms in total. The minimum atomic E-state index is -6.26. The van der Waals surface area contributed by atoms with Crippen molar-refractivity contribution in [1.82, 2.24) is 0 Å². The molecule has 0 aliphatic rings. The van der Waals surface area contributed by atoms with Crippen LogP contribution in [0.25, 0.3) is 0 Å². The van der Waals surface area contributed by atoms with Crippen molar-refractivity contribution < 1.29 is 30.7 Å². The predicted molar refractivity (Wildman–Crippen MR) is 40.0 cm³/mol. The van der Waals surface area contributed by atoms with E-state index in [1.165, 1.54) is 0 Å². The molecule has 0 spiro atoms. The second-order valence-electron chi connectivity index (χ2n) is 2.81. The van der Waals surface area contributed by atoms with Gasteiger partial charge in [-0.2, -0.15) is 30.7 Å². The van der Waals surface area contributed by atoms with Crippen LogP contribution in [0.2, 0.25) is 0 Å². The van der Waals surface area contributed by atoms with Gasteiger partial charge in [0.25, 0.3) is 0 Å². The molecule has 0 unspecified atom stereocenters. The molecule has 90 valence electrons. The molecular weight excluding hydrogens is 229 g/mol. The maximum absolute atomic E-state index is 12.8. The molecule has 15 heavy (non-hydrogen) atoms. The topological polar surface area (TPSA) is 0 Å². The lowest BCUT2D eigenvalue weighted by Crippen LogP contribution is -2.52. The van der Waals surface area contributed by atoms with Gasteiger partial charge in [-0.25, -0.2) is 0 Å². The lowest BCUT2D eigenvalue weighted by molar-refractivity contribution is -0.344. The molecule has 0 fully saturated rings. The molecule has 0 aliphatic carbocycles. The third kappa shape index (κ3) is 2.26. The molecule has 0 N–H and O–H groups in total. The van der Waals surface area contributed by atoms with Crippen LogP contribution in [0.3, 0.4) is 0 Å². The van der Waals surface area contributed by atoms with E-state index in [0.29, 0.717) is 6.08 Å². The molecule has 0 atom stereocenters. The Balaban J connectivity index is 5.37. The highest BCUT2D eigenvalue weighted by Gasteiger charge is 2.73. The zero-order valence-corrected chi connectivity index (χ0v) is 7.93. The quantitative estimate of drug-likeness (QED) is 0.511. The first-order valence-electron chi connectivity index (χ1n) is 4.00. The average molecular weight is 238 g/mol. The second-order valence-corrected chi connectivity index (χ2v) is 2.81. The van der Waals surface area contributed by atoms with Crippen LogP contribution in [0.4, 0.5) is 30.7 Å². The Morgan fingerprint density at radius 3 is 1.60 bits per heavy atom. The van der Waals surface area contributed by atoms with Crippen molar-refractivity contribution in [2.75, 3.05) is 0 Å². The Labute approximate surface area is 81.8 Å². The molecule has 0 aromatic rings. The lowest BCUT2D eigenvalue weighted by Gasteiger charge is -2.29. The molecule has 0 saturated carbocycles. The van der Waals surface area contributed by atoms with Crippen LogP contribution in [0.1, 0.15) is 20.3 Å². The Bertz CT molecular complexity index is 248. The SMILES string of the molecule is C/C=C(\CC)C(F)(F)C(F)(F)C(F)(F)F. The van der Waals surface area contributed by atoms with E-state index in [2.05, 4.69) is 0 Å². The Hall–Kier alpha value is -0.750. The van der Waals surface area contributed by atoms with Gasteiger partial charge in [-0.05, 0) is 13.3 Å². The highest BCUT2D eigenvalue weighted by molar-refractivity contribution is 5.17. The minimum absolute atomic E-state index is 0.569. The highest BCUT2D eigenvalue weighted by Crippen LogP contribution is 2.50. The molecule has 0 aromatic heterocycles. The van der Waals surface area contributed by atoms with Gasteiger partial charge >= 0.3 is 18.0 Å². The minimum Gasteiger partial charge on any atom is -0.194 e. The van der Waals surface area contributed by atoms with Gasteiger partial charge in [-0.15, -0.1) is 0 Å². The molecule has 0 aliphatic heterocycles. The largest absolute Gasteiger partial charge is 0.460 e. The summed E-state index contributed by atoms with van der Waals surface area (Å²) >= 11 is 0. The van der Waals surface area contributed by atoms with Crippen molar-refractivity contribution in [3.8, 4) is 0 Å². The molecule has 0 heterocycles. The van der Waals surface area contributed by atoms with E-state index in [-0.39, 0.29) is 0 Å². The van der Waals surface area contributed by atoms with Gasteiger partial charge < -0.3 is 0 Å². The fourth-order valence-electron chi connectivity index (χ4n) is 0.987. The summed E-state index contributed by atoms with van der Waals surface area (Å²) in [5, 5.41) is 0. The summed E-state index contributed by atoms with van der Waals surface area (Å²) in [5.74, 6) is -11.2. The molecule has 0 radical (unpaired) electrons. The molecule has 0 amide bonds. The smallest absolute Gasteiger partial charge is 0.194 e. The summed E-state index contributed by atoms with van der Waals surface area (Å²) in [6.45, 7) is 2.06. The first kappa shape index (κ1) is 14.2. The number of allylic oxidation sites excluding steroid dienone is 2. The Morgan fingerprint density at radius 2 is 1.40 bits per heavy atom. The van der Waals surface area contributed by atoms with E-state index in [1.54, 1.807) is 0 Å². The van der Waals surface area contributed by atoms with Crippen molar-refractivity contribution in [2.45, 2.75) is 38.3 Å². The van der Waals surface area contributed by atoms with Crippen molar-refractivity contribution in [3.63, 3.8) is 0 Å². The van der Waals surface area contributed by atoms with Crippen LogP contribution in [0, 0.1) is 0 Å². The van der Waals surface area contributed by atoms with Gasteiger partial charge in [0.15, 0.2) is 0 Å². The normalized spacial score (nSPS) is 15.7. The third-order valence-corrected chi connectivity index (χ3v) is 1.88. The van der Waals surface area contributed by atoms with E-state index < -0.39 is 30.0 Å². The van der Waals surface area contributed by atoms with E-state index in [0.717, 1.165) is 13.8 Å². The Kier molecular flexibility index (Phi) is 3.82. The predicted octanol–water partition coefficient (Wildman–Crippen LogP) is 4.18. The van der Waals surface area contributed by atoms with Gasteiger partial charge in [0.1, 0.15) is 0 Å². The van der Waals surface area contributed by atoms with Crippen LogP contribution in [-0.4, -0.2) is 18.0 Å². The van der Waals surface area contributed by atoms with Crippen molar-refractivity contribution in [3.05, 3.63) is 11.6 Å². The van der Waals surface area contributed by atoms with Gasteiger partial charge in [0.2, 0.25) is 0 Å². The summed E-state index contributed by atoms with van der Waals surface area (Å²) in [6.07, 6.45) is -6.27. The number of hydrogen-bond acceptors (Lipinski definition) is 0. The number of alkyl halides is 7. The first-order valence-corrected chi connectivity index (χ1v) is 4.00. The summed E-state index contributed by atoms with van der Waals surface area (Å²) in [7, 11) is 0. The molecule has 7 heteroatoms. The number of rotatable bonds is 3. The summed E-state index contributed by atoms with van der Waals surface area (Å²) < 4.78 is 85.6. The van der Waals surface area contributed by atoms with Gasteiger partial charge in [-0.3, -0.25) is 0 Å². The summed E-state index contributed by atoms with van der Waals surface area (Å²) in [5.41, 5.74) is -1.23. The maximum atomic E-state index is 12.8. The third-order valence-electron chi connectivity index (χ3n) is 1.88. The number of hydrogen-bond donors (Lipinski definition) is 0. The van der Waals surface area contributed by atoms with Crippen molar-refractivity contribution >= 4 is 0 Å². The molecule has 0 saturated heterocycles. The van der Waals surface area contributed by atoms with Crippen molar-refractivity contribution in [1.29, 1.82) is 0 Å². The van der Waals surface area contributed by atoms with Gasteiger partial charge in [0.05, 0.1) is 0 Å². The fraction of sp³-hybridized carbons (Fsp3) is 0.750. The van der Waals surface area contributed by atoms with Gasteiger partial charge in [0, 0.05) is 5.57 Å². The molecule has 0 aromatic carbocycles. The van der Waals surface area contributed by atoms with E-state index in [4.69, 9.17) is 0 Å². The van der Waals surface area contributed by atoms with Crippen LogP contribution in [-0.2, 0) is 0 Å². The summed E-state index contributed by atoms with van der Waals surface area (Å²) in [6, 6.07) is 0. The molecule has 0 bridgehead atoms. The first-order chi connectivity index (χ1) is 6.52. The second kappa shape index (κ2) is 4.02. The van der Waals surface area contributed by atoms with Crippen LogP contribution >= 0.6 is 0 Å². The maximum Gasteiger partial charge on any atom is 0.460 e. The molecule has 0 rings (SSSR count). The zero-order chi connectivity index (χ0) is 12.5.